The largest absolute Gasteiger partial charge is 0.478 e. The summed E-state index contributed by atoms with van der Waals surface area (Å²) in [5, 5.41) is 11.8. The Morgan fingerprint density at radius 3 is 2.58 bits per heavy atom. The molecule has 1 unspecified atom stereocenters. The third-order valence-corrected chi connectivity index (χ3v) is 4.53. The number of carboxylic acids is 1. The normalized spacial score (nSPS) is 16.6. The average Bonchev–Trinajstić information content (AvgIpc) is 2.96. The predicted molar refractivity (Wildman–Crippen MR) is 96.7 cm³/mol. The number of carbonyl (C=O) groups is 3. The van der Waals surface area contributed by atoms with E-state index in [-0.39, 0.29) is 23.8 Å². The van der Waals surface area contributed by atoms with Crippen molar-refractivity contribution in [3.63, 3.8) is 0 Å². The standard InChI is InChI=1S/C20H20N2O4/c1-13-9-16(7-8-17(13)20(25)26)21-19(24)15-10-18(23)22(12-15)11-14-5-3-2-4-6-14/h2-9,15H,10-12H2,1H3,(H,21,24)(H,25,26). The topological polar surface area (TPSA) is 86.7 Å². The lowest BCUT2D eigenvalue weighted by Gasteiger charge is -2.17. The van der Waals surface area contributed by atoms with Crippen LogP contribution in [-0.2, 0) is 16.1 Å². The molecule has 1 heterocycles. The van der Waals surface area contributed by atoms with E-state index in [4.69, 9.17) is 5.11 Å². The second kappa shape index (κ2) is 7.39. The van der Waals surface area contributed by atoms with Gasteiger partial charge in [0, 0.05) is 25.2 Å². The highest BCUT2D eigenvalue weighted by molar-refractivity contribution is 5.98. The van der Waals surface area contributed by atoms with Crippen LogP contribution < -0.4 is 5.32 Å². The number of likely N-dealkylation sites (tertiary alicyclic amines) is 1. The van der Waals surface area contributed by atoms with Crippen molar-refractivity contribution < 1.29 is 19.5 Å². The second-order valence-electron chi connectivity index (χ2n) is 6.49. The summed E-state index contributed by atoms with van der Waals surface area (Å²) in [6.07, 6.45) is 0.185. The Morgan fingerprint density at radius 2 is 1.92 bits per heavy atom. The number of hydrogen-bond donors (Lipinski definition) is 2. The first kappa shape index (κ1) is 17.7. The lowest BCUT2D eigenvalue weighted by molar-refractivity contribution is -0.128. The van der Waals surface area contributed by atoms with E-state index in [9.17, 15) is 14.4 Å². The molecular weight excluding hydrogens is 332 g/mol. The highest BCUT2D eigenvalue weighted by Gasteiger charge is 2.34. The molecule has 2 aromatic rings. The van der Waals surface area contributed by atoms with E-state index in [1.807, 2.05) is 30.3 Å². The minimum absolute atomic E-state index is 0.0357. The van der Waals surface area contributed by atoms with Gasteiger partial charge in [0.25, 0.3) is 0 Å². The molecule has 1 aliphatic heterocycles. The molecule has 0 aliphatic carbocycles. The van der Waals surface area contributed by atoms with Crippen LogP contribution in [-0.4, -0.2) is 34.3 Å². The van der Waals surface area contributed by atoms with Crippen LogP contribution in [0.25, 0.3) is 0 Å². The number of rotatable bonds is 5. The summed E-state index contributed by atoms with van der Waals surface area (Å²) in [7, 11) is 0. The van der Waals surface area contributed by atoms with Crippen LogP contribution in [0.5, 0.6) is 0 Å². The number of nitrogens with one attached hydrogen (secondary N) is 1. The molecular formula is C20H20N2O4. The zero-order chi connectivity index (χ0) is 18.7. The van der Waals surface area contributed by atoms with E-state index in [2.05, 4.69) is 5.32 Å². The lowest BCUT2D eigenvalue weighted by Crippen LogP contribution is -2.28. The van der Waals surface area contributed by atoms with Crippen molar-refractivity contribution in [2.45, 2.75) is 19.9 Å². The van der Waals surface area contributed by atoms with E-state index in [1.54, 1.807) is 24.0 Å². The number of amides is 2. The van der Waals surface area contributed by atoms with E-state index in [1.165, 1.54) is 6.07 Å². The Labute approximate surface area is 151 Å². The van der Waals surface area contributed by atoms with E-state index < -0.39 is 11.9 Å². The van der Waals surface area contributed by atoms with Crippen molar-refractivity contribution in [1.29, 1.82) is 0 Å². The maximum Gasteiger partial charge on any atom is 0.335 e. The van der Waals surface area contributed by atoms with Gasteiger partial charge in [-0.25, -0.2) is 4.79 Å². The van der Waals surface area contributed by atoms with Gasteiger partial charge in [-0.15, -0.1) is 0 Å². The third-order valence-electron chi connectivity index (χ3n) is 4.53. The molecule has 2 aromatic carbocycles. The number of aromatic carboxylic acids is 1. The molecule has 0 saturated carbocycles. The van der Waals surface area contributed by atoms with E-state index in [0.29, 0.717) is 24.3 Å². The van der Waals surface area contributed by atoms with Crippen LogP contribution in [0.4, 0.5) is 5.69 Å². The number of hydrogen-bond acceptors (Lipinski definition) is 3. The van der Waals surface area contributed by atoms with Crippen molar-refractivity contribution in [3.05, 3.63) is 65.2 Å². The molecule has 0 aromatic heterocycles. The van der Waals surface area contributed by atoms with Crippen molar-refractivity contribution >= 4 is 23.5 Å². The molecule has 0 bridgehead atoms. The summed E-state index contributed by atoms with van der Waals surface area (Å²) < 4.78 is 0. The molecule has 0 spiro atoms. The van der Waals surface area contributed by atoms with Gasteiger partial charge in [0.15, 0.2) is 0 Å². The van der Waals surface area contributed by atoms with Crippen molar-refractivity contribution in [1.82, 2.24) is 4.90 Å². The van der Waals surface area contributed by atoms with Crippen LogP contribution >= 0.6 is 0 Å². The van der Waals surface area contributed by atoms with Gasteiger partial charge >= 0.3 is 5.97 Å². The fourth-order valence-electron chi connectivity index (χ4n) is 3.13. The SMILES string of the molecule is Cc1cc(NC(=O)C2CC(=O)N(Cc3ccccc3)C2)ccc1C(=O)O. The minimum atomic E-state index is -1.00. The number of nitrogens with zero attached hydrogens (tertiary/aromatic N) is 1. The average molecular weight is 352 g/mol. The molecule has 6 heteroatoms. The van der Waals surface area contributed by atoms with Crippen LogP contribution in [0.2, 0.25) is 0 Å². The summed E-state index contributed by atoms with van der Waals surface area (Å²) in [6, 6.07) is 14.3. The zero-order valence-electron chi connectivity index (χ0n) is 14.4. The van der Waals surface area contributed by atoms with Crippen molar-refractivity contribution in [3.8, 4) is 0 Å². The molecule has 6 nitrogen and oxygen atoms in total. The van der Waals surface area contributed by atoms with Gasteiger partial charge in [0.1, 0.15) is 0 Å². The number of carboxylic acid groups (broad SMARTS) is 1. The van der Waals surface area contributed by atoms with Crippen molar-refractivity contribution in [2.75, 3.05) is 11.9 Å². The Kier molecular flexibility index (Phi) is 5.02. The van der Waals surface area contributed by atoms with Gasteiger partial charge in [0.2, 0.25) is 11.8 Å². The summed E-state index contributed by atoms with van der Waals surface area (Å²) in [4.78, 5) is 37.4. The first-order valence-corrected chi connectivity index (χ1v) is 8.40. The van der Waals surface area contributed by atoms with E-state index in [0.717, 1.165) is 5.56 Å². The van der Waals surface area contributed by atoms with Gasteiger partial charge < -0.3 is 15.3 Å². The Morgan fingerprint density at radius 1 is 1.19 bits per heavy atom. The summed E-state index contributed by atoms with van der Waals surface area (Å²) in [5.74, 6) is -1.67. The zero-order valence-corrected chi connectivity index (χ0v) is 14.4. The molecule has 1 atom stereocenters. The quantitative estimate of drug-likeness (QED) is 0.866. The molecule has 1 saturated heterocycles. The first-order chi connectivity index (χ1) is 12.4. The monoisotopic (exact) mass is 352 g/mol. The van der Waals surface area contributed by atoms with Crippen LogP contribution in [0.3, 0.4) is 0 Å². The number of benzene rings is 2. The molecule has 2 N–H and O–H groups in total. The summed E-state index contributed by atoms with van der Waals surface area (Å²) in [6.45, 7) is 2.56. The highest BCUT2D eigenvalue weighted by Crippen LogP contribution is 2.23. The molecule has 3 rings (SSSR count). The van der Waals surface area contributed by atoms with Crippen molar-refractivity contribution in [2.24, 2.45) is 5.92 Å². The lowest BCUT2D eigenvalue weighted by atomic mass is 10.1. The Hall–Kier alpha value is -3.15. The van der Waals surface area contributed by atoms with Gasteiger partial charge in [-0.05, 0) is 36.2 Å². The smallest absolute Gasteiger partial charge is 0.335 e. The molecule has 1 aliphatic rings. The third kappa shape index (κ3) is 3.91. The maximum atomic E-state index is 12.5. The van der Waals surface area contributed by atoms with Crippen LogP contribution in [0.15, 0.2) is 48.5 Å². The van der Waals surface area contributed by atoms with Gasteiger partial charge in [-0.3, -0.25) is 9.59 Å². The Balaban J connectivity index is 1.63. The molecule has 0 radical (unpaired) electrons. The molecule has 26 heavy (non-hydrogen) atoms. The van der Waals surface area contributed by atoms with Crippen LogP contribution in [0.1, 0.15) is 27.9 Å². The highest BCUT2D eigenvalue weighted by atomic mass is 16.4. The number of carbonyl (C=O) groups excluding carboxylic acids is 2. The number of anilines is 1. The fraction of sp³-hybridized carbons (Fsp3) is 0.250. The number of aryl methyl sites for hydroxylation is 1. The maximum absolute atomic E-state index is 12.5. The van der Waals surface area contributed by atoms with E-state index >= 15 is 0 Å². The summed E-state index contributed by atoms with van der Waals surface area (Å²) >= 11 is 0. The Bertz CT molecular complexity index is 848. The first-order valence-electron chi connectivity index (χ1n) is 8.40. The van der Waals surface area contributed by atoms with Gasteiger partial charge in [0.05, 0.1) is 11.5 Å². The molecule has 134 valence electrons. The van der Waals surface area contributed by atoms with Gasteiger partial charge in [-0.2, -0.15) is 0 Å². The molecule has 1 fully saturated rings. The molecule has 2 amide bonds. The minimum Gasteiger partial charge on any atom is -0.478 e. The van der Waals surface area contributed by atoms with Crippen LogP contribution in [0, 0.1) is 12.8 Å². The second-order valence-corrected chi connectivity index (χ2v) is 6.49. The summed E-state index contributed by atoms with van der Waals surface area (Å²) in [5.41, 5.74) is 2.34. The predicted octanol–water partition coefficient (Wildman–Crippen LogP) is 2.68. The fourth-order valence-corrected chi connectivity index (χ4v) is 3.13. The van der Waals surface area contributed by atoms with Gasteiger partial charge in [-0.1, -0.05) is 30.3 Å².